The van der Waals surface area contributed by atoms with E-state index >= 15 is 0 Å². The number of para-hydroxylation sites is 3. The standard InChI is InChI=1S/C74H40N4OS2/c75-41-58-64(44-21-6-2-7-22-44)59(42-76)68(78-69-50(37-39-55-48-26-12-15-36-63(48)80-73(55)69)51-38-40-56-54-32-16-28-46(43-19-4-1-5-20-43)72(54)81-74(56)70(51)78)65(45-23-8-3-9-24-45)67(58)77-60-33-13-10-27-57(60)66-49(29-18-34-61(66)77)53-31-17-30-52-47-25-11-14-35-62(47)79-71(52)53/h1-40H. The topological polar surface area (TPSA) is 70.6 Å². The van der Waals surface area contributed by atoms with Crippen molar-refractivity contribution in [3.63, 3.8) is 0 Å². The second-order valence-corrected chi connectivity index (χ2v) is 22.8. The summed E-state index contributed by atoms with van der Waals surface area (Å²) in [5.74, 6) is 0. The van der Waals surface area contributed by atoms with Gasteiger partial charge in [0.25, 0.3) is 0 Å². The third kappa shape index (κ3) is 6.39. The molecule has 17 rings (SSSR count). The predicted octanol–water partition coefficient (Wildman–Crippen LogP) is 20.9. The van der Waals surface area contributed by atoms with Crippen molar-refractivity contribution < 1.29 is 4.42 Å². The largest absolute Gasteiger partial charge is 0.455 e. The third-order valence-corrected chi connectivity index (χ3v) is 19.1. The summed E-state index contributed by atoms with van der Waals surface area (Å²) in [7, 11) is 0. The molecule has 17 aromatic rings. The van der Waals surface area contributed by atoms with Crippen molar-refractivity contribution in [2.75, 3.05) is 0 Å². The number of fused-ring (bicyclic) bond motifs is 17. The number of furan rings is 1. The van der Waals surface area contributed by atoms with Crippen LogP contribution in [0.3, 0.4) is 0 Å². The van der Waals surface area contributed by atoms with Crippen LogP contribution in [0.15, 0.2) is 247 Å². The number of rotatable bonds is 6. The quantitative estimate of drug-likeness (QED) is 0.167. The van der Waals surface area contributed by atoms with Gasteiger partial charge >= 0.3 is 0 Å². The molecule has 7 heteroatoms. The van der Waals surface area contributed by atoms with E-state index in [-0.39, 0.29) is 0 Å². The molecule has 0 bridgehead atoms. The number of thiophene rings is 2. The van der Waals surface area contributed by atoms with Crippen LogP contribution in [-0.2, 0) is 0 Å². The maximum Gasteiger partial charge on any atom is 0.143 e. The van der Waals surface area contributed by atoms with Crippen LogP contribution < -0.4 is 0 Å². The highest BCUT2D eigenvalue weighted by Crippen LogP contribution is 2.54. The Bertz CT molecular complexity index is 5610. The summed E-state index contributed by atoms with van der Waals surface area (Å²) in [6.07, 6.45) is 0. The molecule has 81 heavy (non-hydrogen) atoms. The van der Waals surface area contributed by atoms with E-state index < -0.39 is 0 Å². The van der Waals surface area contributed by atoms with E-state index in [0.717, 1.165) is 119 Å². The fraction of sp³-hybridized carbons (Fsp3) is 0. The first-order valence-corrected chi connectivity index (χ1v) is 28.7. The van der Waals surface area contributed by atoms with Crippen molar-refractivity contribution in [3.05, 3.63) is 254 Å². The molecular weight excluding hydrogens is 1020 g/mol. The van der Waals surface area contributed by atoms with E-state index in [4.69, 9.17) is 4.42 Å². The zero-order valence-corrected chi connectivity index (χ0v) is 44.7. The summed E-state index contributed by atoms with van der Waals surface area (Å²) in [4.78, 5) is 0. The molecule has 0 saturated carbocycles. The van der Waals surface area contributed by atoms with Crippen LogP contribution in [0.1, 0.15) is 11.1 Å². The highest BCUT2D eigenvalue weighted by atomic mass is 32.1. The first-order chi connectivity index (χ1) is 40.2. The molecule has 0 atom stereocenters. The summed E-state index contributed by atoms with van der Waals surface area (Å²) in [6.45, 7) is 0. The molecule has 0 N–H and O–H groups in total. The molecule has 0 aliphatic carbocycles. The Labute approximate surface area is 471 Å². The van der Waals surface area contributed by atoms with Crippen molar-refractivity contribution in [2.45, 2.75) is 0 Å². The maximum atomic E-state index is 12.4. The highest BCUT2D eigenvalue weighted by molar-refractivity contribution is 7.27. The highest BCUT2D eigenvalue weighted by Gasteiger charge is 2.34. The maximum absolute atomic E-state index is 12.4. The van der Waals surface area contributed by atoms with E-state index in [1.165, 1.54) is 25.7 Å². The minimum absolute atomic E-state index is 0.403. The Balaban J connectivity index is 1.11. The predicted molar refractivity (Wildman–Crippen MR) is 339 cm³/mol. The Morgan fingerprint density at radius 3 is 1.54 bits per heavy atom. The van der Waals surface area contributed by atoms with E-state index in [2.05, 4.69) is 215 Å². The normalized spacial score (nSPS) is 11.9. The molecule has 5 aromatic heterocycles. The van der Waals surface area contributed by atoms with Crippen LogP contribution in [0.4, 0.5) is 0 Å². The van der Waals surface area contributed by atoms with Gasteiger partial charge in [-0.05, 0) is 52.1 Å². The Morgan fingerprint density at radius 2 is 0.827 bits per heavy atom. The lowest BCUT2D eigenvalue weighted by atomic mass is 9.86. The van der Waals surface area contributed by atoms with E-state index in [1.807, 2.05) is 59.9 Å². The van der Waals surface area contributed by atoms with E-state index in [1.54, 1.807) is 11.3 Å². The third-order valence-electron chi connectivity index (χ3n) is 16.6. The monoisotopic (exact) mass is 1060 g/mol. The van der Waals surface area contributed by atoms with Gasteiger partial charge in [-0.25, -0.2) is 0 Å². The Morgan fingerprint density at radius 1 is 0.333 bits per heavy atom. The first-order valence-electron chi connectivity index (χ1n) is 27.0. The van der Waals surface area contributed by atoms with Crippen LogP contribution in [-0.4, -0.2) is 9.13 Å². The molecule has 12 aromatic carbocycles. The number of aromatic nitrogens is 2. The van der Waals surface area contributed by atoms with Gasteiger partial charge in [-0.3, -0.25) is 0 Å². The molecule has 0 spiro atoms. The lowest BCUT2D eigenvalue weighted by Crippen LogP contribution is -2.11. The van der Waals surface area contributed by atoms with Gasteiger partial charge in [0.2, 0.25) is 0 Å². The fourth-order valence-electron chi connectivity index (χ4n) is 13.3. The average molecular weight is 1070 g/mol. The van der Waals surface area contributed by atoms with E-state index in [0.29, 0.717) is 28.1 Å². The summed E-state index contributed by atoms with van der Waals surface area (Å²) in [5.41, 5.74) is 15.1. The number of nitrogens with zero attached hydrogens (tertiary/aromatic N) is 4. The van der Waals surface area contributed by atoms with Crippen molar-refractivity contribution in [1.29, 1.82) is 10.5 Å². The lowest BCUT2D eigenvalue weighted by Gasteiger charge is -2.25. The Hall–Kier alpha value is -10.5. The number of benzene rings is 12. The van der Waals surface area contributed by atoms with Crippen LogP contribution in [0.2, 0.25) is 0 Å². The minimum atomic E-state index is 0.403. The molecule has 0 unspecified atom stereocenters. The van der Waals surface area contributed by atoms with Gasteiger partial charge in [0.1, 0.15) is 23.3 Å². The summed E-state index contributed by atoms with van der Waals surface area (Å²) < 4.78 is 16.2. The molecule has 0 saturated heterocycles. The molecule has 0 fully saturated rings. The summed E-state index contributed by atoms with van der Waals surface area (Å²) in [5, 5.41) is 35.6. The number of nitriles is 2. The van der Waals surface area contributed by atoms with Gasteiger partial charge in [-0.2, -0.15) is 10.5 Å². The first kappa shape index (κ1) is 45.5. The molecule has 0 aliphatic rings. The van der Waals surface area contributed by atoms with Crippen molar-refractivity contribution in [2.24, 2.45) is 0 Å². The van der Waals surface area contributed by atoms with Gasteiger partial charge in [0.15, 0.2) is 0 Å². The molecule has 0 radical (unpaired) electrons. The summed E-state index contributed by atoms with van der Waals surface area (Å²) >= 11 is 3.60. The molecule has 0 amide bonds. The molecule has 0 aliphatic heterocycles. The summed E-state index contributed by atoms with van der Waals surface area (Å²) in [6, 6.07) is 91.0. The second-order valence-electron chi connectivity index (χ2n) is 20.7. The average Bonchev–Trinajstić information content (AvgIpc) is 2.64. The van der Waals surface area contributed by atoms with Crippen LogP contribution in [0, 0.1) is 22.7 Å². The molecule has 5 nitrogen and oxygen atoms in total. The van der Waals surface area contributed by atoms with Gasteiger partial charge in [0.05, 0.1) is 54.0 Å². The zero-order chi connectivity index (χ0) is 53.4. The smallest absolute Gasteiger partial charge is 0.143 e. The van der Waals surface area contributed by atoms with Gasteiger partial charge in [-0.15, -0.1) is 22.7 Å². The van der Waals surface area contributed by atoms with Gasteiger partial charge in [0, 0.05) is 80.0 Å². The van der Waals surface area contributed by atoms with E-state index in [9.17, 15) is 10.5 Å². The van der Waals surface area contributed by atoms with Crippen molar-refractivity contribution >= 4 is 129 Å². The minimum Gasteiger partial charge on any atom is -0.455 e. The SMILES string of the molecule is N#Cc1c(-c2ccccc2)c(C#N)c(-n2c3c(ccc4c5ccccc5sc43)c3ccc4c5cccc(-c6ccccc6)c5sc4c32)c(-c2ccccc2)c1-n1c2ccccc2c2c(-c3cccc4c3oc3ccccc34)cccc21. The second kappa shape index (κ2) is 17.5. The van der Waals surface area contributed by atoms with Crippen LogP contribution in [0.25, 0.3) is 162 Å². The van der Waals surface area contributed by atoms with Gasteiger partial charge < -0.3 is 13.6 Å². The van der Waals surface area contributed by atoms with Crippen molar-refractivity contribution in [3.8, 4) is 68.0 Å². The fourth-order valence-corrected chi connectivity index (χ4v) is 15.9. The lowest BCUT2D eigenvalue weighted by molar-refractivity contribution is 0.670. The van der Waals surface area contributed by atoms with Gasteiger partial charge in [-0.1, -0.05) is 218 Å². The van der Waals surface area contributed by atoms with Crippen LogP contribution >= 0.6 is 22.7 Å². The zero-order valence-electron chi connectivity index (χ0n) is 43.1. The number of hydrogen-bond donors (Lipinski definition) is 0. The van der Waals surface area contributed by atoms with Crippen molar-refractivity contribution in [1.82, 2.24) is 9.13 Å². The molecular formula is C74H40N4OS2. The van der Waals surface area contributed by atoms with Crippen LogP contribution in [0.5, 0.6) is 0 Å². The molecule has 374 valence electrons. The molecule has 5 heterocycles. The Kier molecular flexibility index (Phi) is 9.82. The number of hydrogen-bond acceptors (Lipinski definition) is 5.